The van der Waals surface area contributed by atoms with Crippen LogP contribution in [-0.4, -0.2) is 22.8 Å². The van der Waals surface area contributed by atoms with Gasteiger partial charge < -0.3 is 10.6 Å². The molecule has 19 heavy (non-hydrogen) atoms. The number of hydrogen-bond acceptors (Lipinski definition) is 3. The standard InChI is InChI=1S/C15H17N3O/c1-11-7-13(9-17-8-11)15(19)18(2)10-12-3-5-14(16)6-4-12/h3-9H,10,16H2,1-2H3. The summed E-state index contributed by atoms with van der Waals surface area (Å²) in [5.74, 6) is -0.0342. The number of hydrogen-bond donors (Lipinski definition) is 1. The number of nitrogen functional groups attached to an aromatic ring is 1. The first-order chi connectivity index (χ1) is 9.06. The largest absolute Gasteiger partial charge is 0.399 e. The van der Waals surface area contributed by atoms with Gasteiger partial charge in [0.15, 0.2) is 0 Å². The van der Waals surface area contributed by atoms with Crippen LogP contribution in [0.15, 0.2) is 42.7 Å². The molecule has 2 N–H and O–H groups in total. The average molecular weight is 255 g/mol. The fraction of sp³-hybridized carbons (Fsp3) is 0.200. The van der Waals surface area contributed by atoms with Gasteiger partial charge in [0, 0.05) is 31.7 Å². The highest BCUT2D eigenvalue weighted by atomic mass is 16.2. The van der Waals surface area contributed by atoms with E-state index in [4.69, 9.17) is 5.73 Å². The molecule has 98 valence electrons. The Bertz CT molecular complexity index is 578. The summed E-state index contributed by atoms with van der Waals surface area (Å²) >= 11 is 0. The van der Waals surface area contributed by atoms with Gasteiger partial charge in [0.1, 0.15) is 0 Å². The summed E-state index contributed by atoms with van der Waals surface area (Å²) in [6, 6.07) is 9.36. The SMILES string of the molecule is Cc1cncc(C(=O)N(C)Cc2ccc(N)cc2)c1. The van der Waals surface area contributed by atoms with E-state index >= 15 is 0 Å². The predicted octanol–water partition coefficient (Wildman–Crippen LogP) is 2.24. The van der Waals surface area contributed by atoms with E-state index in [1.54, 1.807) is 24.3 Å². The van der Waals surface area contributed by atoms with Crippen molar-refractivity contribution < 1.29 is 4.79 Å². The summed E-state index contributed by atoms with van der Waals surface area (Å²) in [5, 5.41) is 0. The molecule has 1 amide bonds. The van der Waals surface area contributed by atoms with Crippen molar-refractivity contribution >= 4 is 11.6 Å². The first-order valence-corrected chi connectivity index (χ1v) is 6.08. The molecule has 1 heterocycles. The van der Waals surface area contributed by atoms with Gasteiger partial charge in [-0.25, -0.2) is 0 Å². The lowest BCUT2D eigenvalue weighted by molar-refractivity contribution is 0.0784. The molecule has 0 aliphatic carbocycles. The van der Waals surface area contributed by atoms with Crippen LogP contribution in [0.3, 0.4) is 0 Å². The van der Waals surface area contributed by atoms with Crippen molar-refractivity contribution in [2.24, 2.45) is 0 Å². The van der Waals surface area contributed by atoms with Crippen LogP contribution in [0.25, 0.3) is 0 Å². The first-order valence-electron chi connectivity index (χ1n) is 6.08. The molecule has 0 fully saturated rings. The molecule has 0 aliphatic heterocycles. The third-order valence-electron chi connectivity index (χ3n) is 2.87. The molecule has 0 saturated heterocycles. The first kappa shape index (κ1) is 13.1. The molecule has 0 spiro atoms. The van der Waals surface area contributed by atoms with Gasteiger partial charge in [-0.05, 0) is 36.2 Å². The zero-order valence-corrected chi connectivity index (χ0v) is 11.1. The van der Waals surface area contributed by atoms with Crippen LogP contribution in [-0.2, 0) is 6.54 Å². The van der Waals surface area contributed by atoms with Crippen molar-refractivity contribution in [1.82, 2.24) is 9.88 Å². The van der Waals surface area contributed by atoms with E-state index in [0.717, 1.165) is 16.8 Å². The number of pyridine rings is 1. The maximum Gasteiger partial charge on any atom is 0.255 e. The molecule has 0 radical (unpaired) electrons. The maximum absolute atomic E-state index is 12.2. The van der Waals surface area contributed by atoms with E-state index in [9.17, 15) is 4.79 Å². The molecule has 0 saturated carbocycles. The summed E-state index contributed by atoms with van der Waals surface area (Å²) in [4.78, 5) is 17.9. The minimum atomic E-state index is -0.0342. The molecule has 0 aliphatic rings. The van der Waals surface area contributed by atoms with Crippen molar-refractivity contribution in [3.63, 3.8) is 0 Å². The molecule has 1 aromatic heterocycles. The molecule has 2 rings (SSSR count). The van der Waals surface area contributed by atoms with Crippen LogP contribution in [0, 0.1) is 6.92 Å². The van der Waals surface area contributed by atoms with Gasteiger partial charge in [0.05, 0.1) is 5.56 Å². The number of nitrogens with two attached hydrogens (primary N) is 1. The number of carbonyl (C=O) groups is 1. The number of rotatable bonds is 3. The smallest absolute Gasteiger partial charge is 0.255 e. The maximum atomic E-state index is 12.2. The second-order valence-electron chi connectivity index (χ2n) is 4.65. The Balaban J connectivity index is 2.09. The molecular weight excluding hydrogens is 238 g/mol. The summed E-state index contributed by atoms with van der Waals surface area (Å²) in [5.41, 5.74) is 8.99. The van der Waals surface area contributed by atoms with Crippen LogP contribution in [0.5, 0.6) is 0 Å². The van der Waals surface area contributed by atoms with Gasteiger partial charge >= 0.3 is 0 Å². The number of aromatic nitrogens is 1. The molecule has 2 aromatic rings. The lowest BCUT2D eigenvalue weighted by Gasteiger charge is -2.17. The normalized spacial score (nSPS) is 10.2. The Hall–Kier alpha value is -2.36. The highest BCUT2D eigenvalue weighted by Crippen LogP contribution is 2.10. The van der Waals surface area contributed by atoms with Crippen LogP contribution in [0.2, 0.25) is 0 Å². The van der Waals surface area contributed by atoms with Gasteiger partial charge in [0.2, 0.25) is 0 Å². The van der Waals surface area contributed by atoms with Crippen molar-refractivity contribution in [1.29, 1.82) is 0 Å². The third-order valence-corrected chi connectivity index (χ3v) is 2.87. The van der Waals surface area contributed by atoms with E-state index in [0.29, 0.717) is 12.1 Å². The number of amides is 1. The highest BCUT2D eigenvalue weighted by Gasteiger charge is 2.12. The molecule has 0 atom stereocenters. The minimum Gasteiger partial charge on any atom is -0.399 e. The molecule has 4 heteroatoms. The Morgan fingerprint density at radius 1 is 1.26 bits per heavy atom. The van der Waals surface area contributed by atoms with Gasteiger partial charge in [-0.2, -0.15) is 0 Å². The molecule has 1 aromatic carbocycles. The van der Waals surface area contributed by atoms with E-state index < -0.39 is 0 Å². The van der Waals surface area contributed by atoms with Crippen LogP contribution < -0.4 is 5.73 Å². The second kappa shape index (κ2) is 5.52. The number of anilines is 1. The predicted molar refractivity (Wildman–Crippen MR) is 75.6 cm³/mol. The van der Waals surface area contributed by atoms with Crippen LogP contribution >= 0.6 is 0 Å². The second-order valence-corrected chi connectivity index (χ2v) is 4.65. The fourth-order valence-electron chi connectivity index (χ4n) is 1.86. The number of benzene rings is 1. The topological polar surface area (TPSA) is 59.2 Å². The Morgan fingerprint density at radius 3 is 2.58 bits per heavy atom. The number of nitrogens with zero attached hydrogens (tertiary/aromatic N) is 2. The summed E-state index contributed by atoms with van der Waals surface area (Å²) in [6.07, 6.45) is 3.32. The Kier molecular flexibility index (Phi) is 3.80. The van der Waals surface area contributed by atoms with E-state index in [1.807, 2.05) is 37.3 Å². The Labute approximate surface area is 112 Å². The van der Waals surface area contributed by atoms with Gasteiger partial charge in [-0.1, -0.05) is 12.1 Å². The van der Waals surface area contributed by atoms with Crippen LogP contribution in [0.4, 0.5) is 5.69 Å². The summed E-state index contributed by atoms with van der Waals surface area (Å²) in [6.45, 7) is 2.47. The molecule has 0 unspecified atom stereocenters. The van der Waals surface area contributed by atoms with Crippen molar-refractivity contribution in [3.05, 3.63) is 59.4 Å². The van der Waals surface area contributed by atoms with E-state index in [1.165, 1.54) is 0 Å². The van der Waals surface area contributed by atoms with Gasteiger partial charge in [0.25, 0.3) is 5.91 Å². The monoisotopic (exact) mass is 255 g/mol. The molecular formula is C15H17N3O. The lowest BCUT2D eigenvalue weighted by atomic mass is 10.1. The average Bonchev–Trinajstić information content (AvgIpc) is 2.40. The molecule has 4 nitrogen and oxygen atoms in total. The molecule has 0 bridgehead atoms. The lowest BCUT2D eigenvalue weighted by Crippen LogP contribution is -2.26. The summed E-state index contributed by atoms with van der Waals surface area (Å²) < 4.78 is 0. The van der Waals surface area contributed by atoms with Gasteiger partial charge in [-0.3, -0.25) is 9.78 Å². The zero-order chi connectivity index (χ0) is 13.8. The van der Waals surface area contributed by atoms with Crippen molar-refractivity contribution in [2.75, 3.05) is 12.8 Å². The quantitative estimate of drug-likeness (QED) is 0.856. The van der Waals surface area contributed by atoms with E-state index in [2.05, 4.69) is 4.98 Å². The Morgan fingerprint density at radius 2 is 1.95 bits per heavy atom. The fourth-order valence-corrected chi connectivity index (χ4v) is 1.86. The summed E-state index contributed by atoms with van der Waals surface area (Å²) in [7, 11) is 1.78. The minimum absolute atomic E-state index is 0.0342. The van der Waals surface area contributed by atoms with E-state index in [-0.39, 0.29) is 5.91 Å². The third kappa shape index (κ3) is 3.31. The van der Waals surface area contributed by atoms with Gasteiger partial charge in [-0.15, -0.1) is 0 Å². The van der Waals surface area contributed by atoms with Crippen LogP contribution in [0.1, 0.15) is 21.5 Å². The van der Waals surface area contributed by atoms with Crippen molar-refractivity contribution in [3.8, 4) is 0 Å². The highest BCUT2D eigenvalue weighted by molar-refractivity contribution is 5.93. The number of carbonyl (C=O) groups excluding carboxylic acids is 1. The zero-order valence-electron chi connectivity index (χ0n) is 11.1. The van der Waals surface area contributed by atoms with Crippen molar-refractivity contribution in [2.45, 2.75) is 13.5 Å². The number of aryl methyl sites for hydroxylation is 1.